The molecule has 3 rings (SSSR count). The molecule has 2 aromatic carbocycles. The Morgan fingerprint density at radius 2 is 1.79 bits per heavy atom. The number of ether oxygens (including phenoxy) is 3. The second kappa shape index (κ2) is 7.99. The van der Waals surface area contributed by atoms with Crippen LogP contribution in [-0.4, -0.2) is 39.6 Å². The summed E-state index contributed by atoms with van der Waals surface area (Å²) in [5.74, 6) is -0.325. The average molecular weight is 405 g/mol. The van der Waals surface area contributed by atoms with E-state index in [1.165, 1.54) is 31.2 Å². The minimum atomic E-state index is -3.89. The van der Waals surface area contributed by atoms with Crippen LogP contribution in [-0.2, 0) is 19.6 Å². The molecule has 1 aliphatic rings. The van der Waals surface area contributed by atoms with E-state index in [2.05, 4.69) is 4.72 Å². The minimum absolute atomic E-state index is 0.0363. The van der Waals surface area contributed by atoms with Crippen LogP contribution in [0.5, 0.6) is 11.5 Å². The summed E-state index contributed by atoms with van der Waals surface area (Å²) in [6, 6.07) is 9.67. The third-order valence-corrected chi connectivity index (χ3v) is 5.61. The van der Waals surface area contributed by atoms with Crippen molar-refractivity contribution in [2.75, 3.05) is 13.4 Å². The summed E-state index contributed by atoms with van der Waals surface area (Å²) in [5.41, 5.74) is 1.21. The Morgan fingerprint density at radius 3 is 2.50 bits per heavy atom. The van der Waals surface area contributed by atoms with Gasteiger partial charge in [-0.15, -0.1) is 0 Å². The van der Waals surface area contributed by atoms with E-state index in [1.54, 1.807) is 18.2 Å². The first-order chi connectivity index (χ1) is 13.3. The normalized spacial score (nSPS) is 13.8. The number of carbonyl (C=O) groups is 2. The Balaban J connectivity index is 1.56. The van der Waals surface area contributed by atoms with Crippen LogP contribution in [0.4, 0.5) is 0 Å². The number of hydrogen-bond donors (Lipinski definition) is 1. The Bertz CT molecular complexity index is 999. The molecule has 0 unspecified atom stereocenters. The van der Waals surface area contributed by atoms with Crippen LogP contribution in [0.1, 0.15) is 22.8 Å². The van der Waals surface area contributed by atoms with Crippen molar-refractivity contribution >= 4 is 21.8 Å². The van der Waals surface area contributed by atoms with Crippen LogP contribution in [0, 0.1) is 6.92 Å². The first kappa shape index (κ1) is 19.8. The molecule has 0 bridgehead atoms. The van der Waals surface area contributed by atoms with Crippen LogP contribution in [0.2, 0.25) is 0 Å². The zero-order valence-corrected chi connectivity index (χ0v) is 16.1. The second-order valence-electron chi connectivity index (χ2n) is 6.25. The molecule has 9 heteroatoms. The van der Waals surface area contributed by atoms with Crippen molar-refractivity contribution in [3.8, 4) is 11.5 Å². The molecule has 1 aliphatic heterocycles. The second-order valence-corrected chi connectivity index (χ2v) is 7.97. The third kappa shape index (κ3) is 4.49. The van der Waals surface area contributed by atoms with Gasteiger partial charge in [-0.3, -0.25) is 9.59 Å². The number of carbonyl (C=O) groups excluding carboxylic acids is 2. The number of hydrogen-bond acceptors (Lipinski definition) is 7. The summed E-state index contributed by atoms with van der Waals surface area (Å²) in [6.45, 7) is 2.75. The standard InChI is InChI=1S/C19H19NO7S/c1-12-3-6-15(7-4-12)28(23,24)20-13(2)19(22)25-10-16(21)14-5-8-17-18(9-14)27-11-26-17/h3-9,13,20H,10-11H2,1-2H3/t13-/m0/s1. The minimum Gasteiger partial charge on any atom is -0.456 e. The quantitative estimate of drug-likeness (QED) is 0.553. The van der Waals surface area contributed by atoms with Crippen molar-refractivity contribution in [1.29, 1.82) is 0 Å². The first-order valence-electron chi connectivity index (χ1n) is 8.45. The largest absolute Gasteiger partial charge is 0.456 e. The predicted molar refractivity (Wildman–Crippen MR) is 98.8 cm³/mol. The van der Waals surface area contributed by atoms with Crippen molar-refractivity contribution in [3.05, 3.63) is 53.6 Å². The highest BCUT2D eigenvalue weighted by Gasteiger charge is 2.24. The molecular formula is C19H19NO7S. The van der Waals surface area contributed by atoms with Gasteiger partial charge >= 0.3 is 5.97 Å². The smallest absolute Gasteiger partial charge is 0.324 e. The highest BCUT2D eigenvalue weighted by molar-refractivity contribution is 7.89. The fourth-order valence-electron chi connectivity index (χ4n) is 2.48. The first-order valence-corrected chi connectivity index (χ1v) is 9.93. The van der Waals surface area contributed by atoms with E-state index in [0.29, 0.717) is 17.1 Å². The molecule has 0 aliphatic carbocycles. The van der Waals surface area contributed by atoms with Gasteiger partial charge in [0.2, 0.25) is 16.8 Å². The Kier molecular flexibility index (Phi) is 5.66. The number of sulfonamides is 1. The predicted octanol–water partition coefficient (Wildman–Crippen LogP) is 1.82. The van der Waals surface area contributed by atoms with Crippen LogP contribution in [0.15, 0.2) is 47.4 Å². The molecule has 1 heterocycles. The van der Waals surface area contributed by atoms with Gasteiger partial charge < -0.3 is 14.2 Å². The molecule has 0 amide bonds. The maximum absolute atomic E-state index is 12.3. The Labute approximate surface area is 162 Å². The van der Waals surface area contributed by atoms with E-state index in [0.717, 1.165) is 5.56 Å². The highest BCUT2D eigenvalue weighted by Crippen LogP contribution is 2.32. The maximum Gasteiger partial charge on any atom is 0.324 e. The Morgan fingerprint density at radius 1 is 1.11 bits per heavy atom. The van der Waals surface area contributed by atoms with E-state index in [-0.39, 0.29) is 11.7 Å². The molecule has 2 aromatic rings. The molecule has 0 aromatic heterocycles. The van der Waals surface area contributed by atoms with E-state index in [9.17, 15) is 18.0 Å². The molecule has 1 N–H and O–H groups in total. The molecule has 0 spiro atoms. The zero-order chi connectivity index (χ0) is 20.3. The average Bonchev–Trinajstić information content (AvgIpc) is 3.13. The molecule has 0 radical (unpaired) electrons. The van der Waals surface area contributed by atoms with Gasteiger partial charge in [0.05, 0.1) is 4.90 Å². The maximum atomic E-state index is 12.3. The van der Waals surface area contributed by atoms with Gasteiger partial charge in [-0.25, -0.2) is 8.42 Å². The molecule has 8 nitrogen and oxygen atoms in total. The van der Waals surface area contributed by atoms with Crippen LogP contribution in [0.25, 0.3) is 0 Å². The number of ketones is 1. The molecular weight excluding hydrogens is 386 g/mol. The number of fused-ring (bicyclic) bond motifs is 1. The lowest BCUT2D eigenvalue weighted by atomic mass is 10.1. The van der Waals surface area contributed by atoms with E-state index in [4.69, 9.17) is 14.2 Å². The number of rotatable bonds is 7. The van der Waals surface area contributed by atoms with Crippen LogP contribution < -0.4 is 14.2 Å². The topological polar surface area (TPSA) is 108 Å². The monoisotopic (exact) mass is 405 g/mol. The van der Waals surface area contributed by atoms with Crippen molar-refractivity contribution < 1.29 is 32.2 Å². The fraction of sp³-hybridized carbons (Fsp3) is 0.263. The molecule has 0 fully saturated rings. The molecule has 0 saturated heterocycles. The number of nitrogens with one attached hydrogen (secondary N) is 1. The van der Waals surface area contributed by atoms with Crippen molar-refractivity contribution in [2.45, 2.75) is 24.8 Å². The molecule has 148 valence electrons. The van der Waals surface area contributed by atoms with Crippen molar-refractivity contribution in [2.24, 2.45) is 0 Å². The summed E-state index contributed by atoms with van der Waals surface area (Å²) >= 11 is 0. The van der Waals surface area contributed by atoms with Crippen LogP contribution in [0.3, 0.4) is 0 Å². The van der Waals surface area contributed by atoms with Crippen molar-refractivity contribution in [3.63, 3.8) is 0 Å². The van der Waals surface area contributed by atoms with Crippen molar-refractivity contribution in [1.82, 2.24) is 4.72 Å². The lowest BCUT2D eigenvalue weighted by Crippen LogP contribution is -2.40. The van der Waals surface area contributed by atoms with Gasteiger partial charge in [-0.05, 0) is 44.2 Å². The van der Waals surface area contributed by atoms with Gasteiger partial charge in [0.15, 0.2) is 23.9 Å². The zero-order valence-electron chi connectivity index (χ0n) is 15.3. The van der Waals surface area contributed by atoms with E-state index >= 15 is 0 Å². The summed E-state index contributed by atoms with van der Waals surface area (Å²) in [6.07, 6.45) is 0. The van der Waals surface area contributed by atoms with E-state index in [1.807, 2.05) is 6.92 Å². The molecule has 1 atom stereocenters. The lowest BCUT2D eigenvalue weighted by Gasteiger charge is -2.13. The van der Waals surface area contributed by atoms with E-state index < -0.39 is 34.4 Å². The lowest BCUT2D eigenvalue weighted by molar-refractivity contribution is -0.144. The molecule has 28 heavy (non-hydrogen) atoms. The van der Waals surface area contributed by atoms with Gasteiger partial charge in [0, 0.05) is 5.56 Å². The van der Waals surface area contributed by atoms with Gasteiger partial charge in [-0.2, -0.15) is 4.72 Å². The summed E-state index contributed by atoms with van der Waals surface area (Å²) in [4.78, 5) is 24.3. The molecule has 0 saturated carbocycles. The SMILES string of the molecule is Cc1ccc(S(=O)(=O)N[C@@H](C)C(=O)OCC(=O)c2ccc3c(c2)OCO3)cc1. The number of benzene rings is 2. The Hall–Kier alpha value is -2.91. The number of aryl methyl sites for hydroxylation is 1. The van der Waals surface area contributed by atoms with Gasteiger partial charge in [0.25, 0.3) is 0 Å². The fourth-order valence-corrected chi connectivity index (χ4v) is 3.67. The summed E-state index contributed by atoms with van der Waals surface area (Å²) in [5, 5.41) is 0. The van der Waals surface area contributed by atoms with Crippen LogP contribution >= 0.6 is 0 Å². The third-order valence-electron chi connectivity index (χ3n) is 4.06. The summed E-state index contributed by atoms with van der Waals surface area (Å²) in [7, 11) is -3.89. The van der Waals surface area contributed by atoms with Gasteiger partial charge in [-0.1, -0.05) is 17.7 Å². The highest BCUT2D eigenvalue weighted by atomic mass is 32.2. The number of Topliss-reactive ketones (excluding diaryl/α,β-unsaturated/α-hetero) is 1. The summed E-state index contributed by atoms with van der Waals surface area (Å²) < 4.78 is 42.2. The van der Waals surface area contributed by atoms with Gasteiger partial charge in [0.1, 0.15) is 6.04 Å². The number of esters is 1.